The molecule has 0 unspecified atom stereocenters. The summed E-state index contributed by atoms with van der Waals surface area (Å²) >= 11 is 0. The van der Waals surface area contributed by atoms with Crippen molar-refractivity contribution in [3.05, 3.63) is 102 Å². The van der Waals surface area contributed by atoms with E-state index >= 15 is 0 Å². The van der Waals surface area contributed by atoms with Crippen molar-refractivity contribution < 1.29 is 8.42 Å². The highest BCUT2D eigenvalue weighted by molar-refractivity contribution is 7.90. The van der Waals surface area contributed by atoms with E-state index in [-0.39, 0.29) is 5.75 Å². The van der Waals surface area contributed by atoms with Crippen molar-refractivity contribution in [1.82, 2.24) is 0 Å². The minimum atomic E-state index is -3.28. The molecule has 3 heteroatoms. The van der Waals surface area contributed by atoms with Crippen LogP contribution in [0.1, 0.15) is 16.7 Å². The zero-order valence-corrected chi connectivity index (χ0v) is 14.2. The van der Waals surface area contributed by atoms with Crippen LogP contribution in [0.25, 0.3) is 0 Å². The van der Waals surface area contributed by atoms with Gasteiger partial charge in [-0.25, -0.2) is 8.42 Å². The number of hydrogen-bond acceptors (Lipinski definition) is 2. The van der Waals surface area contributed by atoms with E-state index in [1.807, 2.05) is 48.5 Å². The van der Waals surface area contributed by atoms with E-state index in [4.69, 9.17) is 0 Å². The van der Waals surface area contributed by atoms with Gasteiger partial charge in [0.15, 0.2) is 9.84 Å². The molecule has 0 heterocycles. The lowest BCUT2D eigenvalue weighted by atomic mass is 10.0. The zero-order chi connectivity index (χ0) is 16.8. The lowest BCUT2D eigenvalue weighted by molar-refractivity contribution is 0.595. The Morgan fingerprint density at radius 3 is 1.58 bits per heavy atom. The van der Waals surface area contributed by atoms with E-state index in [1.165, 1.54) is 11.1 Å². The molecule has 3 aromatic carbocycles. The highest BCUT2D eigenvalue weighted by Crippen LogP contribution is 2.17. The maximum atomic E-state index is 12.4. The van der Waals surface area contributed by atoms with Gasteiger partial charge in [0, 0.05) is 0 Å². The molecule has 2 nitrogen and oxygen atoms in total. The van der Waals surface area contributed by atoms with Gasteiger partial charge in [-0.1, -0.05) is 72.8 Å². The van der Waals surface area contributed by atoms with Gasteiger partial charge in [-0.2, -0.15) is 0 Å². The van der Waals surface area contributed by atoms with Gasteiger partial charge in [0.05, 0.1) is 10.6 Å². The van der Waals surface area contributed by atoms with Gasteiger partial charge in [-0.3, -0.25) is 0 Å². The van der Waals surface area contributed by atoms with Gasteiger partial charge >= 0.3 is 0 Å². The molecule has 24 heavy (non-hydrogen) atoms. The SMILES string of the molecule is O=S(=O)(Cc1ccc(CCc2ccccc2)cc1)c1ccccc1. The molecule has 0 saturated heterocycles. The summed E-state index contributed by atoms with van der Waals surface area (Å²) in [6, 6.07) is 26.9. The van der Waals surface area contributed by atoms with E-state index in [1.54, 1.807) is 24.3 Å². The Balaban J connectivity index is 1.64. The van der Waals surface area contributed by atoms with E-state index in [0.29, 0.717) is 4.90 Å². The average Bonchev–Trinajstić information content (AvgIpc) is 2.62. The second-order valence-electron chi connectivity index (χ2n) is 5.87. The Morgan fingerprint density at radius 1 is 0.542 bits per heavy atom. The Morgan fingerprint density at radius 2 is 1.00 bits per heavy atom. The molecule has 0 saturated carbocycles. The molecule has 0 fully saturated rings. The molecule has 0 aliphatic heterocycles. The molecular formula is C21H20O2S. The normalized spacial score (nSPS) is 11.3. The number of rotatable bonds is 6. The predicted molar refractivity (Wildman–Crippen MR) is 97.6 cm³/mol. The molecule has 3 rings (SSSR count). The first-order valence-corrected chi connectivity index (χ1v) is 9.68. The fraction of sp³-hybridized carbons (Fsp3) is 0.143. The van der Waals surface area contributed by atoms with Gasteiger partial charge in [-0.15, -0.1) is 0 Å². The van der Waals surface area contributed by atoms with Crippen LogP contribution in [0, 0.1) is 0 Å². The summed E-state index contributed by atoms with van der Waals surface area (Å²) in [5.41, 5.74) is 3.36. The molecule has 0 spiro atoms. The van der Waals surface area contributed by atoms with E-state index in [2.05, 4.69) is 12.1 Å². The highest BCUT2D eigenvalue weighted by Gasteiger charge is 2.14. The average molecular weight is 336 g/mol. The molecule has 0 aliphatic rings. The van der Waals surface area contributed by atoms with Crippen LogP contribution in [0.15, 0.2) is 89.8 Å². The van der Waals surface area contributed by atoms with E-state index < -0.39 is 9.84 Å². The quantitative estimate of drug-likeness (QED) is 0.666. The minimum Gasteiger partial charge on any atom is -0.223 e. The van der Waals surface area contributed by atoms with Crippen LogP contribution >= 0.6 is 0 Å². The molecule has 0 aromatic heterocycles. The van der Waals surface area contributed by atoms with Gasteiger partial charge in [-0.05, 0) is 41.7 Å². The summed E-state index contributed by atoms with van der Waals surface area (Å²) in [7, 11) is -3.28. The molecule has 0 N–H and O–H groups in total. The van der Waals surface area contributed by atoms with Crippen molar-refractivity contribution in [2.45, 2.75) is 23.5 Å². The van der Waals surface area contributed by atoms with Crippen molar-refractivity contribution in [1.29, 1.82) is 0 Å². The largest absolute Gasteiger partial charge is 0.223 e. The maximum Gasteiger partial charge on any atom is 0.182 e. The number of hydrogen-bond donors (Lipinski definition) is 0. The molecule has 3 aromatic rings. The van der Waals surface area contributed by atoms with Crippen molar-refractivity contribution in [2.75, 3.05) is 0 Å². The zero-order valence-electron chi connectivity index (χ0n) is 13.4. The van der Waals surface area contributed by atoms with Crippen molar-refractivity contribution in [3.8, 4) is 0 Å². The fourth-order valence-corrected chi connectivity index (χ4v) is 4.04. The second-order valence-corrected chi connectivity index (χ2v) is 7.86. The summed E-state index contributed by atoms with van der Waals surface area (Å²) in [6.45, 7) is 0. The second kappa shape index (κ2) is 7.45. The number of aryl methyl sites for hydroxylation is 2. The van der Waals surface area contributed by atoms with Crippen molar-refractivity contribution in [3.63, 3.8) is 0 Å². The molecule has 0 atom stereocenters. The summed E-state index contributed by atoms with van der Waals surface area (Å²) in [5, 5.41) is 0. The third-order valence-electron chi connectivity index (χ3n) is 4.03. The third-order valence-corrected chi connectivity index (χ3v) is 5.73. The van der Waals surface area contributed by atoms with Crippen LogP contribution in [0.2, 0.25) is 0 Å². The first-order valence-electron chi connectivity index (χ1n) is 8.03. The van der Waals surface area contributed by atoms with Crippen LogP contribution in [-0.4, -0.2) is 8.42 Å². The highest BCUT2D eigenvalue weighted by atomic mass is 32.2. The summed E-state index contributed by atoms with van der Waals surface area (Å²) in [6.07, 6.45) is 1.94. The first kappa shape index (κ1) is 16.5. The van der Waals surface area contributed by atoms with Gasteiger partial charge in [0.2, 0.25) is 0 Å². The third kappa shape index (κ3) is 4.33. The van der Waals surface area contributed by atoms with Crippen LogP contribution < -0.4 is 0 Å². The van der Waals surface area contributed by atoms with E-state index in [9.17, 15) is 8.42 Å². The monoisotopic (exact) mass is 336 g/mol. The molecule has 0 bridgehead atoms. The van der Waals surface area contributed by atoms with Gasteiger partial charge < -0.3 is 0 Å². The number of sulfone groups is 1. The molecule has 0 amide bonds. The molecular weight excluding hydrogens is 316 g/mol. The first-order chi connectivity index (χ1) is 11.6. The Bertz CT molecular complexity index is 868. The van der Waals surface area contributed by atoms with Crippen LogP contribution in [0.3, 0.4) is 0 Å². The lowest BCUT2D eigenvalue weighted by Crippen LogP contribution is -2.04. The summed E-state index contributed by atoms with van der Waals surface area (Å²) in [4.78, 5) is 0.373. The van der Waals surface area contributed by atoms with Crippen LogP contribution in [-0.2, 0) is 28.4 Å². The Kier molecular flexibility index (Phi) is 5.11. The molecule has 0 aliphatic carbocycles. The maximum absolute atomic E-state index is 12.4. The van der Waals surface area contributed by atoms with E-state index in [0.717, 1.165) is 18.4 Å². The number of benzene rings is 3. The van der Waals surface area contributed by atoms with Gasteiger partial charge in [0.1, 0.15) is 0 Å². The summed E-state index contributed by atoms with van der Waals surface area (Å²) < 4.78 is 24.8. The smallest absolute Gasteiger partial charge is 0.182 e. The van der Waals surface area contributed by atoms with Crippen LogP contribution in [0.4, 0.5) is 0 Å². The predicted octanol–water partition coefficient (Wildman–Crippen LogP) is 4.45. The Labute approximate surface area is 143 Å². The topological polar surface area (TPSA) is 34.1 Å². The molecule has 0 radical (unpaired) electrons. The van der Waals surface area contributed by atoms with Gasteiger partial charge in [0.25, 0.3) is 0 Å². The van der Waals surface area contributed by atoms with Crippen molar-refractivity contribution in [2.24, 2.45) is 0 Å². The van der Waals surface area contributed by atoms with Crippen LogP contribution in [0.5, 0.6) is 0 Å². The minimum absolute atomic E-state index is 0.0377. The lowest BCUT2D eigenvalue weighted by Gasteiger charge is -2.06. The summed E-state index contributed by atoms with van der Waals surface area (Å²) in [5.74, 6) is 0.0377. The standard InChI is InChI=1S/C21H20O2S/c22-24(23,21-9-5-2-6-10-21)17-20-15-13-19(14-16-20)12-11-18-7-3-1-4-8-18/h1-10,13-16H,11-12,17H2. The van der Waals surface area contributed by atoms with Crippen molar-refractivity contribution >= 4 is 9.84 Å². The fourth-order valence-electron chi connectivity index (χ4n) is 2.67. The Hall–Kier alpha value is -2.39. The molecule has 122 valence electrons.